The number of nitrogens with zero attached hydrogens (tertiary/aromatic N) is 1. The summed E-state index contributed by atoms with van der Waals surface area (Å²) in [5, 5.41) is 2.91. The van der Waals surface area contributed by atoms with Gasteiger partial charge < -0.3 is 5.32 Å². The lowest BCUT2D eigenvalue weighted by atomic mass is 9.95. The maximum atomic E-state index is 13.3. The first kappa shape index (κ1) is 20.4. The Morgan fingerprint density at radius 2 is 1.79 bits per heavy atom. The molecule has 1 unspecified atom stereocenters. The van der Waals surface area contributed by atoms with E-state index in [0.29, 0.717) is 17.2 Å². The fourth-order valence-corrected chi connectivity index (χ4v) is 5.28. The van der Waals surface area contributed by atoms with Gasteiger partial charge in [-0.2, -0.15) is 0 Å². The number of sulfonamides is 1. The minimum atomic E-state index is -3.80. The number of benzene rings is 2. The molecule has 0 saturated carbocycles. The molecule has 1 amide bonds. The SMILES string of the molecule is CCCC(C)NC(=O)CN1c2ccc(C(C)C)cc2-c2ccccc2S1(=O)=O. The van der Waals surface area contributed by atoms with Gasteiger partial charge in [0.05, 0.1) is 10.6 Å². The maximum Gasteiger partial charge on any atom is 0.265 e. The first-order chi connectivity index (χ1) is 13.3. The van der Waals surface area contributed by atoms with Crippen LogP contribution in [0.5, 0.6) is 0 Å². The second kappa shape index (κ2) is 7.95. The largest absolute Gasteiger partial charge is 0.352 e. The van der Waals surface area contributed by atoms with Crippen LogP contribution in [0, 0.1) is 0 Å². The Hall–Kier alpha value is -2.34. The van der Waals surface area contributed by atoms with Gasteiger partial charge in [-0.1, -0.05) is 51.5 Å². The molecule has 3 rings (SSSR count). The minimum absolute atomic E-state index is 0.0140. The molecule has 0 aromatic heterocycles. The van der Waals surface area contributed by atoms with E-state index in [2.05, 4.69) is 26.1 Å². The third-order valence-corrected chi connectivity index (χ3v) is 6.94. The zero-order valence-corrected chi connectivity index (χ0v) is 17.7. The van der Waals surface area contributed by atoms with Gasteiger partial charge >= 0.3 is 0 Å². The molecule has 0 saturated heterocycles. The topological polar surface area (TPSA) is 66.5 Å². The van der Waals surface area contributed by atoms with Gasteiger partial charge in [0.1, 0.15) is 6.54 Å². The summed E-state index contributed by atoms with van der Waals surface area (Å²) in [6.45, 7) is 7.97. The molecule has 0 aliphatic carbocycles. The molecule has 1 aliphatic rings. The number of carbonyl (C=O) groups excluding carboxylic acids is 1. The molecule has 1 heterocycles. The van der Waals surface area contributed by atoms with Crippen molar-refractivity contribution in [1.29, 1.82) is 0 Å². The molecule has 28 heavy (non-hydrogen) atoms. The van der Waals surface area contributed by atoms with Crippen molar-refractivity contribution >= 4 is 21.6 Å². The molecule has 150 valence electrons. The first-order valence-electron chi connectivity index (χ1n) is 9.81. The summed E-state index contributed by atoms with van der Waals surface area (Å²) in [5.74, 6) is 0.0328. The number of amides is 1. The predicted octanol–water partition coefficient (Wildman–Crippen LogP) is 4.29. The van der Waals surface area contributed by atoms with Gasteiger partial charge in [-0.15, -0.1) is 0 Å². The van der Waals surface area contributed by atoms with Gasteiger partial charge in [0.25, 0.3) is 10.0 Å². The number of fused-ring (bicyclic) bond motifs is 3. The Labute approximate surface area is 167 Å². The van der Waals surface area contributed by atoms with Crippen LogP contribution in [0.4, 0.5) is 5.69 Å². The number of nitrogens with one attached hydrogen (secondary N) is 1. The van der Waals surface area contributed by atoms with Crippen molar-refractivity contribution in [2.75, 3.05) is 10.8 Å². The van der Waals surface area contributed by atoms with Crippen LogP contribution in [0.2, 0.25) is 0 Å². The third kappa shape index (κ3) is 3.78. The van der Waals surface area contributed by atoms with E-state index in [-0.39, 0.29) is 23.4 Å². The van der Waals surface area contributed by atoms with Crippen molar-refractivity contribution in [1.82, 2.24) is 5.32 Å². The number of anilines is 1. The summed E-state index contributed by atoms with van der Waals surface area (Å²) in [4.78, 5) is 12.8. The molecule has 0 spiro atoms. The summed E-state index contributed by atoms with van der Waals surface area (Å²) in [6, 6.07) is 12.8. The second-order valence-corrected chi connectivity index (χ2v) is 9.53. The van der Waals surface area contributed by atoms with Crippen LogP contribution >= 0.6 is 0 Å². The highest BCUT2D eigenvalue weighted by atomic mass is 32.2. The third-order valence-electron chi connectivity index (χ3n) is 5.12. The van der Waals surface area contributed by atoms with Gasteiger partial charge in [-0.25, -0.2) is 8.42 Å². The lowest BCUT2D eigenvalue weighted by molar-refractivity contribution is -0.120. The quantitative estimate of drug-likeness (QED) is 0.786. The highest BCUT2D eigenvalue weighted by Gasteiger charge is 2.36. The monoisotopic (exact) mass is 400 g/mol. The fraction of sp³-hybridized carbons (Fsp3) is 0.409. The van der Waals surface area contributed by atoms with Gasteiger partial charge in [0, 0.05) is 17.2 Å². The molecule has 0 bridgehead atoms. The number of rotatable bonds is 6. The summed E-state index contributed by atoms with van der Waals surface area (Å²) in [6.07, 6.45) is 1.81. The van der Waals surface area contributed by atoms with E-state index in [1.165, 1.54) is 4.31 Å². The van der Waals surface area contributed by atoms with Crippen LogP contribution in [-0.4, -0.2) is 26.9 Å². The van der Waals surface area contributed by atoms with Crippen molar-refractivity contribution in [2.24, 2.45) is 0 Å². The van der Waals surface area contributed by atoms with E-state index < -0.39 is 10.0 Å². The average molecular weight is 401 g/mol. The summed E-state index contributed by atoms with van der Waals surface area (Å²) in [5.41, 5.74) is 3.23. The number of carbonyl (C=O) groups is 1. The van der Waals surface area contributed by atoms with Gasteiger partial charge in [0.15, 0.2) is 0 Å². The van der Waals surface area contributed by atoms with E-state index in [9.17, 15) is 13.2 Å². The Morgan fingerprint density at radius 1 is 1.07 bits per heavy atom. The first-order valence-corrected chi connectivity index (χ1v) is 11.2. The number of hydrogen-bond donors (Lipinski definition) is 1. The molecular weight excluding hydrogens is 372 g/mol. The van der Waals surface area contributed by atoms with E-state index >= 15 is 0 Å². The lowest BCUT2D eigenvalue weighted by Gasteiger charge is -2.32. The normalized spacial score (nSPS) is 15.7. The van der Waals surface area contributed by atoms with Gasteiger partial charge in [0.2, 0.25) is 5.91 Å². The Kier molecular flexibility index (Phi) is 5.79. The van der Waals surface area contributed by atoms with E-state index in [0.717, 1.165) is 24.0 Å². The van der Waals surface area contributed by atoms with E-state index in [1.807, 2.05) is 37.3 Å². The highest BCUT2D eigenvalue weighted by molar-refractivity contribution is 7.93. The minimum Gasteiger partial charge on any atom is -0.352 e. The van der Waals surface area contributed by atoms with Gasteiger partial charge in [-0.05, 0) is 43.0 Å². The van der Waals surface area contributed by atoms with Crippen LogP contribution < -0.4 is 9.62 Å². The molecule has 0 fully saturated rings. The average Bonchev–Trinajstić information content (AvgIpc) is 2.65. The Morgan fingerprint density at radius 3 is 2.46 bits per heavy atom. The van der Waals surface area contributed by atoms with Gasteiger partial charge in [-0.3, -0.25) is 9.10 Å². The Balaban J connectivity index is 2.06. The molecule has 6 heteroatoms. The summed E-state index contributed by atoms with van der Waals surface area (Å²) in [7, 11) is -3.80. The van der Waals surface area contributed by atoms with Crippen molar-refractivity contribution in [3.8, 4) is 11.1 Å². The van der Waals surface area contributed by atoms with Crippen LogP contribution in [0.1, 0.15) is 52.0 Å². The standard InChI is InChI=1S/C22H28N2O3S/c1-5-8-16(4)23-22(25)14-24-20-12-11-17(15(2)3)13-19(20)18-9-6-7-10-21(18)28(24,26)27/h6-7,9-13,15-16H,5,8,14H2,1-4H3,(H,23,25). The van der Waals surface area contributed by atoms with Crippen molar-refractivity contribution < 1.29 is 13.2 Å². The lowest BCUT2D eigenvalue weighted by Crippen LogP contribution is -2.44. The molecule has 1 aliphatic heterocycles. The zero-order valence-electron chi connectivity index (χ0n) is 16.9. The molecule has 1 N–H and O–H groups in total. The van der Waals surface area contributed by atoms with Crippen molar-refractivity contribution in [3.63, 3.8) is 0 Å². The fourth-order valence-electron chi connectivity index (χ4n) is 3.63. The zero-order chi connectivity index (χ0) is 20.5. The molecule has 1 atom stereocenters. The van der Waals surface area contributed by atoms with Crippen LogP contribution in [0.3, 0.4) is 0 Å². The predicted molar refractivity (Wildman–Crippen MR) is 113 cm³/mol. The smallest absolute Gasteiger partial charge is 0.265 e. The molecule has 2 aromatic carbocycles. The number of hydrogen-bond acceptors (Lipinski definition) is 3. The molecule has 0 radical (unpaired) electrons. The second-order valence-electron chi connectivity index (χ2n) is 7.70. The summed E-state index contributed by atoms with van der Waals surface area (Å²) < 4.78 is 27.8. The van der Waals surface area contributed by atoms with Crippen molar-refractivity contribution in [3.05, 3.63) is 48.0 Å². The molecular formula is C22H28N2O3S. The van der Waals surface area contributed by atoms with Crippen LogP contribution in [0.15, 0.2) is 47.4 Å². The Bertz CT molecular complexity index is 983. The summed E-state index contributed by atoms with van der Waals surface area (Å²) >= 11 is 0. The molecule has 2 aromatic rings. The van der Waals surface area contributed by atoms with E-state index in [4.69, 9.17) is 0 Å². The van der Waals surface area contributed by atoms with Crippen LogP contribution in [-0.2, 0) is 14.8 Å². The van der Waals surface area contributed by atoms with Crippen LogP contribution in [0.25, 0.3) is 11.1 Å². The van der Waals surface area contributed by atoms with Crippen molar-refractivity contribution in [2.45, 2.75) is 57.4 Å². The molecule has 5 nitrogen and oxygen atoms in total. The van der Waals surface area contributed by atoms with E-state index in [1.54, 1.807) is 12.1 Å². The highest BCUT2D eigenvalue weighted by Crippen LogP contribution is 2.43. The maximum absolute atomic E-state index is 13.3.